The summed E-state index contributed by atoms with van der Waals surface area (Å²) in [7, 11) is 2.14. The molecule has 1 saturated heterocycles. The van der Waals surface area contributed by atoms with Gasteiger partial charge in [0.1, 0.15) is 5.82 Å². The number of thioether (sulfide) groups is 1. The number of hydrogen-bond acceptors (Lipinski definition) is 7. The van der Waals surface area contributed by atoms with E-state index in [0.717, 1.165) is 61.5 Å². The van der Waals surface area contributed by atoms with Crippen molar-refractivity contribution in [3.05, 3.63) is 57.8 Å². The van der Waals surface area contributed by atoms with E-state index in [-0.39, 0.29) is 6.10 Å². The van der Waals surface area contributed by atoms with Crippen molar-refractivity contribution in [2.24, 2.45) is 0 Å². The highest BCUT2D eigenvalue weighted by Crippen LogP contribution is 2.25. The Kier molecular flexibility index (Phi) is 6.97. The van der Waals surface area contributed by atoms with E-state index in [1.807, 2.05) is 35.7 Å². The van der Waals surface area contributed by atoms with Gasteiger partial charge in [0.25, 0.3) is 0 Å². The number of ether oxygens (including phenoxy) is 1. The molecule has 154 valence electrons. The van der Waals surface area contributed by atoms with Crippen LogP contribution in [0.4, 0.5) is 0 Å². The first-order chi connectivity index (χ1) is 14.2. The number of pyridine rings is 1. The maximum Gasteiger partial charge on any atom is 0.191 e. The fourth-order valence-electron chi connectivity index (χ4n) is 3.47. The Labute approximate surface area is 180 Å². The first-order valence-electron chi connectivity index (χ1n) is 9.97. The van der Waals surface area contributed by atoms with Crippen LogP contribution in [-0.4, -0.2) is 44.4 Å². The Hall–Kier alpha value is -1.74. The first-order valence-corrected chi connectivity index (χ1v) is 11.8. The lowest BCUT2D eigenvalue weighted by Gasteiger charge is -2.18. The summed E-state index contributed by atoms with van der Waals surface area (Å²) in [6.07, 6.45) is 4.33. The van der Waals surface area contributed by atoms with Crippen molar-refractivity contribution >= 4 is 23.1 Å². The number of nitrogens with zero attached hydrogens (tertiary/aromatic N) is 5. The second kappa shape index (κ2) is 9.84. The molecule has 29 heavy (non-hydrogen) atoms. The summed E-state index contributed by atoms with van der Waals surface area (Å²) in [5, 5.41) is 9.99. The van der Waals surface area contributed by atoms with Crippen LogP contribution < -0.4 is 0 Å². The first kappa shape index (κ1) is 20.5. The zero-order valence-corrected chi connectivity index (χ0v) is 18.6. The van der Waals surface area contributed by atoms with Crippen molar-refractivity contribution in [1.82, 2.24) is 24.6 Å². The van der Waals surface area contributed by atoms with Gasteiger partial charge >= 0.3 is 0 Å². The third-order valence-electron chi connectivity index (χ3n) is 4.91. The van der Waals surface area contributed by atoms with Gasteiger partial charge in [0.15, 0.2) is 5.16 Å². The number of aryl methyl sites for hydroxylation is 1. The minimum absolute atomic E-state index is 0.254. The van der Waals surface area contributed by atoms with Gasteiger partial charge in [-0.15, -0.1) is 21.5 Å². The predicted molar refractivity (Wildman–Crippen MR) is 117 cm³/mol. The molecule has 6 nitrogen and oxygen atoms in total. The van der Waals surface area contributed by atoms with Crippen LogP contribution in [0.2, 0.25) is 0 Å². The van der Waals surface area contributed by atoms with Crippen LogP contribution >= 0.6 is 23.1 Å². The maximum absolute atomic E-state index is 5.89. The molecule has 0 aromatic carbocycles. The van der Waals surface area contributed by atoms with Crippen molar-refractivity contribution in [2.45, 2.75) is 56.4 Å². The Morgan fingerprint density at radius 2 is 2.17 bits per heavy atom. The summed E-state index contributed by atoms with van der Waals surface area (Å²) < 4.78 is 8.14. The van der Waals surface area contributed by atoms with Crippen molar-refractivity contribution in [1.29, 1.82) is 0 Å². The molecular formula is C21H27N5OS2. The van der Waals surface area contributed by atoms with Crippen molar-refractivity contribution in [3.63, 3.8) is 0 Å². The molecule has 0 saturated carbocycles. The fraction of sp³-hybridized carbons (Fsp3) is 0.476. The fourth-order valence-corrected chi connectivity index (χ4v) is 5.33. The van der Waals surface area contributed by atoms with E-state index < -0.39 is 0 Å². The standard InChI is InChI=1S/C21H27N5OS2/c1-16-8-9-19(29-16)13-25(2)14-20-23-24-21(26(20)12-18-7-5-11-27-18)28-15-17-6-3-4-10-22-17/h3-4,6,8-10,18H,5,7,11-15H2,1-2H3/t18-/m1/s1. The molecular weight excluding hydrogens is 402 g/mol. The quantitative estimate of drug-likeness (QED) is 0.477. The zero-order valence-electron chi connectivity index (χ0n) is 17.0. The van der Waals surface area contributed by atoms with Crippen LogP contribution in [0.15, 0.2) is 41.7 Å². The van der Waals surface area contributed by atoms with E-state index in [9.17, 15) is 0 Å². The zero-order chi connectivity index (χ0) is 20.1. The molecule has 1 aliphatic rings. The molecule has 8 heteroatoms. The van der Waals surface area contributed by atoms with Crippen molar-refractivity contribution in [3.8, 4) is 0 Å². The summed E-state index contributed by atoms with van der Waals surface area (Å²) in [5.41, 5.74) is 1.05. The molecule has 4 rings (SSSR count). The molecule has 0 spiro atoms. The van der Waals surface area contributed by atoms with Gasteiger partial charge in [0.05, 0.1) is 24.9 Å². The van der Waals surface area contributed by atoms with E-state index in [4.69, 9.17) is 4.74 Å². The van der Waals surface area contributed by atoms with Crippen LogP contribution in [0.5, 0.6) is 0 Å². The van der Waals surface area contributed by atoms with Crippen molar-refractivity contribution < 1.29 is 4.74 Å². The van der Waals surface area contributed by atoms with Gasteiger partial charge in [0, 0.05) is 34.9 Å². The largest absolute Gasteiger partial charge is 0.376 e. The molecule has 0 amide bonds. The van der Waals surface area contributed by atoms with E-state index in [1.54, 1.807) is 11.8 Å². The number of rotatable bonds is 9. The topological polar surface area (TPSA) is 56.1 Å². The van der Waals surface area contributed by atoms with Gasteiger partial charge in [-0.05, 0) is 51.1 Å². The molecule has 1 aliphatic heterocycles. The SMILES string of the molecule is Cc1ccc(CN(C)Cc2nnc(SCc3ccccn3)n2C[C@H]2CCCO2)s1. The summed E-state index contributed by atoms with van der Waals surface area (Å²) in [6, 6.07) is 10.4. The van der Waals surface area contributed by atoms with Crippen LogP contribution in [0.25, 0.3) is 0 Å². The number of thiophene rings is 1. The van der Waals surface area contributed by atoms with E-state index >= 15 is 0 Å². The molecule has 0 radical (unpaired) electrons. The van der Waals surface area contributed by atoms with Crippen LogP contribution in [0.1, 0.15) is 34.1 Å². The average Bonchev–Trinajstić information content (AvgIpc) is 3.45. The average molecular weight is 430 g/mol. The maximum atomic E-state index is 5.89. The Bertz CT molecular complexity index is 905. The lowest BCUT2D eigenvalue weighted by Crippen LogP contribution is -2.23. The summed E-state index contributed by atoms with van der Waals surface area (Å²) in [6.45, 7) is 5.51. The van der Waals surface area contributed by atoms with E-state index in [2.05, 4.69) is 50.8 Å². The van der Waals surface area contributed by atoms with Crippen LogP contribution in [0, 0.1) is 6.92 Å². The summed E-state index contributed by atoms with van der Waals surface area (Å²) in [5.74, 6) is 1.79. The monoisotopic (exact) mass is 429 g/mol. The summed E-state index contributed by atoms with van der Waals surface area (Å²) >= 11 is 3.55. The Morgan fingerprint density at radius 1 is 1.24 bits per heavy atom. The van der Waals surface area contributed by atoms with Gasteiger partial charge in [-0.25, -0.2) is 0 Å². The Morgan fingerprint density at radius 3 is 2.90 bits per heavy atom. The van der Waals surface area contributed by atoms with Gasteiger partial charge in [-0.2, -0.15) is 0 Å². The molecule has 3 aromatic rings. The molecule has 0 unspecified atom stereocenters. The van der Waals surface area contributed by atoms with Gasteiger partial charge in [-0.3, -0.25) is 9.88 Å². The van der Waals surface area contributed by atoms with E-state index in [1.165, 1.54) is 9.75 Å². The highest BCUT2D eigenvalue weighted by molar-refractivity contribution is 7.98. The van der Waals surface area contributed by atoms with Gasteiger partial charge in [-0.1, -0.05) is 17.8 Å². The molecule has 0 N–H and O–H groups in total. The lowest BCUT2D eigenvalue weighted by molar-refractivity contribution is 0.0934. The second-order valence-corrected chi connectivity index (χ2v) is 9.75. The van der Waals surface area contributed by atoms with Crippen LogP contribution in [-0.2, 0) is 30.1 Å². The smallest absolute Gasteiger partial charge is 0.191 e. The normalized spacial score (nSPS) is 16.7. The number of hydrogen-bond donors (Lipinski definition) is 0. The Balaban J connectivity index is 1.46. The van der Waals surface area contributed by atoms with Gasteiger partial charge in [0.2, 0.25) is 0 Å². The van der Waals surface area contributed by atoms with Crippen LogP contribution in [0.3, 0.4) is 0 Å². The second-order valence-electron chi connectivity index (χ2n) is 7.44. The molecule has 1 fully saturated rings. The molecule has 4 heterocycles. The number of aromatic nitrogens is 4. The minimum Gasteiger partial charge on any atom is -0.376 e. The van der Waals surface area contributed by atoms with E-state index in [0.29, 0.717) is 0 Å². The van der Waals surface area contributed by atoms with Gasteiger partial charge < -0.3 is 9.30 Å². The molecule has 1 atom stereocenters. The summed E-state index contributed by atoms with van der Waals surface area (Å²) in [4.78, 5) is 9.45. The molecule has 0 aliphatic carbocycles. The third kappa shape index (κ3) is 5.66. The lowest BCUT2D eigenvalue weighted by atomic mass is 10.2. The highest BCUT2D eigenvalue weighted by atomic mass is 32.2. The molecule has 0 bridgehead atoms. The predicted octanol–water partition coefficient (Wildman–Crippen LogP) is 4.15. The molecule has 3 aromatic heterocycles. The highest BCUT2D eigenvalue weighted by Gasteiger charge is 2.22. The minimum atomic E-state index is 0.254. The van der Waals surface area contributed by atoms with Crippen molar-refractivity contribution in [2.75, 3.05) is 13.7 Å². The third-order valence-corrected chi connectivity index (χ3v) is 6.90.